The normalized spacial score (nSPS) is 11.7. The lowest BCUT2D eigenvalue weighted by molar-refractivity contribution is -0.116. The first-order valence-electron chi connectivity index (χ1n) is 6.42. The topological polar surface area (TPSA) is 70.2 Å². The van der Waals surface area contributed by atoms with Crippen LogP contribution >= 0.6 is 0 Å². The standard InChI is InChI=1S/C14H21N3O2/c1-4-15-10(2)8-14(19)17-13-7-5-6-12(9-13)16-11(3)18/h5-7,9-10,15H,4,8H2,1-3H3,(H,16,18)(H,17,19). The molecule has 1 rings (SSSR count). The van der Waals surface area contributed by atoms with Crippen LogP contribution in [0.1, 0.15) is 27.2 Å². The van der Waals surface area contributed by atoms with Crippen molar-refractivity contribution in [3.8, 4) is 0 Å². The van der Waals surface area contributed by atoms with Crippen LogP contribution in [0.5, 0.6) is 0 Å². The summed E-state index contributed by atoms with van der Waals surface area (Å²) in [5.41, 5.74) is 1.35. The van der Waals surface area contributed by atoms with E-state index in [1.54, 1.807) is 24.3 Å². The van der Waals surface area contributed by atoms with E-state index in [0.717, 1.165) is 6.54 Å². The Balaban J connectivity index is 2.56. The minimum Gasteiger partial charge on any atom is -0.326 e. The monoisotopic (exact) mass is 263 g/mol. The molecule has 104 valence electrons. The average molecular weight is 263 g/mol. The first-order valence-corrected chi connectivity index (χ1v) is 6.42. The first-order chi connectivity index (χ1) is 9.01. The van der Waals surface area contributed by atoms with Gasteiger partial charge < -0.3 is 16.0 Å². The Hall–Kier alpha value is -1.88. The predicted molar refractivity (Wildman–Crippen MR) is 77.1 cm³/mol. The van der Waals surface area contributed by atoms with Crippen LogP contribution in [0.25, 0.3) is 0 Å². The van der Waals surface area contributed by atoms with Crippen molar-refractivity contribution < 1.29 is 9.59 Å². The molecular weight excluding hydrogens is 242 g/mol. The van der Waals surface area contributed by atoms with Gasteiger partial charge >= 0.3 is 0 Å². The molecule has 5 heteroatoms. The second-order valence-electron chi connectivity index (χ2n) is 4.47. The quantitative estimate of drug-likeness (QED) is 0.735. The van der Waals surface area contributed by atoms with Crippen LogP contribution in [0.15, 0.2) is 24.3 Å². The summed E-state index contributed by atoms with van der Waals surface area (Å²) in [6.45, 7) is 6.26. The molecule has 0 radical (unpaired) electrons. The number of hydrogen-bond donors (Lipinski definition) is 3. The minimum absolute atomic E-state index is 0.0478. The van der Waals surface area contributed by atoms with Gasteiger partial charge in [-0.3, -0.25) is 9.59 Å². The lowest BCUT2D eigenvalue weighted by atomic mass is 10.2. The van der Waals surface area contributed by atoms with Gasteiger partial charge in [0.1, 0.15) is 0 Å². The molecule has 0 fully saturated rings. The molecular formula is C14H21N3O2. The molecule has 5 nitrogen and oxygen atoms in total. The van der Waals surface area contributed by atoms with Crippen molar-refractivity contribution in [1.29, 1.82) is 0 Å². The highest BCUT2D eigenvalue weighted by molar-refractivity contribution is 5.93. The summed E-state index contributed by atoms with van der Waals surface area (Å²) in [5.74, 6) is -0.183. The summed E-state index contributed by atoms with van der Waals surface area (Å²) < 4.78 is 0. The first kappa shape index (κ1) is 15.2. The number of benzene rings is 1. The van der Waals surface area contributed by atoms with Gasteiger partial charge in [0.15, 0.2) is 0 Å². The Morgan fingerprint density at radius 1 is 1.21 bits per heavy atom. The van der Waals surface area contributed by atoms with Crippen molar-refractivity contribution in [2.75, 3.05) is 17.2 Å². The van der Waals surface area contributed by atoms with Gasteiger partial charge in [0.25, 0.3) is 0 Å². The van der Waals surface area contributed by atoms with Crippen LogP contribution in [-0.4, -0.2) is 24.4 Å². The lowest BCUT2D eigenvalue weighted by Crippen LogP contribution is -2.30. The molecule has 0 aliphatic carbocycles. The van der Waals surface area contributed by atoms with Crippen molar-refractivity contribution >= 4 is 23.2 Å². The molecule has 1 aromatic carbocycles. The minimum atomic E-state index is -0.135. The third kappa shape index (κ3) is 6.01. The Morgan fingerprint density at radius 2 is 1.84 bits per heavy atom. The van der Waals surface area contributed by atoms with E-state index in [1.807, 2.05) is 13.8 Å². The fourth-order valence-corrected chi connectivity index (χ4v) is 1.79. The van der Waals surface area contributed by atoms with Gasteiger partial charge in [-0.1, -0.05) is 13.0 Å². The maximum Gasteiger partial charge on any atom is 0.225 e. The lowest BCUT2D eigenvalue weighted by Gasteiger charge is -2.12. The van der Waals surface area contributed by atoms with Crippen molar-refractivity contribution in [3.63, 3.8) is 0 Å². The van der Waals surface area contributed by atoms with Crippen LogP contribution in [0.2, 0.25) is 0 Å². The highest BCUT2D eigenvalue weighted by atomic mass is 16.2. The van der Waals surface area contributed by atoms with Gasteiger partial charge in [0.2, 0.25) is 11.8 Å². The van der Waals surface area contributed by atoms with Gasteiger partial charge in [0.05, 0.1) is 0 Å². The summed E-state index contributed by atoms with van der Waals surface area (Å²) in [6, 6.07) is 7.23. The molecule has 0 bridgehead atoms. The van der Waals surface area contributed by atoms with E-state index >= 15 is 0 Å². The molecule has 1 aromatic rings. The zero-order valence-electron chi connectivity index (χ0n) is 11.6. The highest BCUT2D eigenvalue weighted by Crippen LogP contribution is 2.15. The molecule has 0 saturated heterocycles. The molecule has 0 spiro atoms. The second-order valence-corrected chi connectivity index (χ2v) is 4.47. The van der Waals surface area contributed by atoms with Crippen molar-refractivity contribution in [2.24, 2.45) is 0 Å². The number of hydrogen-bond acceptors (Lipinski definition) is 3. The molecule has 0 saturated carbocycles. The number of amides is 2. The van der Waals surface area contributed by atoms with E-state index in [-0.39, 0.29) is 17.9 Å². The van der Waals surface area contributed by atoms with Gasteiger partial charge in [0, 0.05) is 30.8 Å². The zero-order chi connectivity index (χ0) is 14.3. The van der Waals surface area contributed by atoms with E-state index in [9.17, 15) is 9.59 Å². The fourth-order valence-electron chi connectivity index (χ4n) is 1.79. The van der Waals surface area contributed by atoms with Crippen LogP contribution in [-0.2, 0) is 9.59 Å². The summed E-state index contributed by atoms with van der Waals surface area (Å²) in [7, 11) is 0. The number of nitrogens with one attached hydrogen (secondary N) is 3. The van der Waals surface area contributed by atoms with E-state index in [0.29, 0.717) is 17.8 Å². The summed E-state index contributed by atoms with van der Waals surface area (Å²) in [6.07, 6.45) is 0.415. The van der Waals surface area contributed by atoms with Crippen LogP contribution in [0, 0.1) is 0 Å². The molecule has 0 aliphatic heterocycles. The fraction of sp³-hybridized carbons (Fsp3) is 0.429. The SMILES string of the molecule is CCNC(C)CC(=O)Nc1cccc(NC(C)=O)c1. The van der Waals surface area contributed by atoms with Crippen molar-refractivity contribution in [3.05, 3.63) is 24.3 Å². The summed E-state index contributed by atoms with van der Waals surface area (Å²) in [4.78, 5) is 22.8. The van der Waals surface area contributed by atoms with E-state index in [2.05, 4.69) is 16.0 Å². The van der Waals surface area contributed by atoms with Gasteiger partial charge in [-0.05, 0) is 31.7 Å². The third-order valence-electron chi connectivity index (χ3n) is 2.51. The predicted octanol–water partition coefficient (Wildman–Crippen LogP) is 1.97. The molecule has 0 heterocycles. The molecule has 3 N–H and O–H groups in total. The maximum absolute atomic E-state index is 11.8. The van der Waals surface area contributed by atoms with E-state index < -0.39 is 0 Å². The summed E-state index contributed by atoms with van der Waals surface area (Å²) in [5, 5.41) is 8.67. The maximum atomic E-state index is 11.8. The van der Waals surface area contributed by atoms with Crippen LogP contribution in [0.4, 0.5) is 11.4 Å². The van der Waals surface area contributed by atoms with Gasteiger partial charge in [-0.15, -0.1) is 0 Å². The van der Waals surface area contributed by atoms with E-state index in [4.69, 9.17) is 0 Å². The second kappa shape index (κ2) is 7.53. The number of rotatable bonds is 6. The van der Waals surface area contributed by atoms with Crippen LogP contribution < -0.4 is 16.0 Å². The third-order valence-corrected chi connectivity index (χ3v) is 2.51. The average Bonchev–Trinajstić information content (AvgIpc) is 2.28. The van der Waals surface area contributed by atoms with Crippen LogP contribution in [0.3, 0.4) is 0 Å². The Bertz CT molecular complexity index is 446. The molecule has 0 aromatic heterocycles. The summed E-state index contributed by atoms with van der Waals surface area (Å²) >= 11 is 0. The van der Waals surface area contributed by atoms with Crippen molar-refractivity contribution in [2.45, 2.75) is 33.2 Å². The Kier molecular flexibility index (Phi) is 6.02. The zero-order valence-corrected chi connectivity index (χ0v) is 11.6. The Morgan fingerprint density at radius 3 is 2.42 bits per heavy atom. The molecule has 0 aliphatic rings. The number of carbonyl (C=O) groups excluding carboxylic acids is 2. The van der Waals surface area contributed by atoms with Crippen molar-refractivity contribution in [1.82, 2.24) is 5.32 Å². The van der Waals surface area contributed by atoms with E-state index in [1.165, 1.54) is 6.92 Å². The van der Waals surface area contributed by atoms with Gasteiger partial charge in [-0.2, -0.15) is 0 Å². The molecule has 1 atom stereocenters. The highest BCUT2D eigenvalue weighted by Gasteiger charge is 2.08. The molecule has 1 unspecified atom stereocenters. The smallest absolute Gasteiger partial charge is 0.225 e. The number of carbonyl (C=O) groups is 2. The van der Waals surface area contributed by atoms with Gasteiger partial charge in [-0.25, -0.2) is 0 Å². The molecule has 19 heavy (non-hydrogen) atoms. The molecule has 2 amide bonds. The largest absolute Gasteiger partial charge is 0.326 e. The number of anilines is 2. The Labute approximate surface area is 113 Å².